The second kappa shape index (κ2) is 6.90. The van der Waals surface area contributed by atoms with Gasteiger partial charge in [-0.3, -0.25) is 4.79 Å². The van der Waals surface area contributed by atoms with Crippen LogP contribution in [0.4, 0.5) is 0 Å². The summed E-state index contributed by atoms with van der Waals surface area (Å²) in [5, 5.41) is 17.6. The summed E-state index contributed by atoms with van der Waals surface area (Å²) in [6.07, 6.45) is 0.700. The number of carbonyl (C=O) groups excluding carboxylic acids is 1. The second-order valence-corrected chi connectivity index (χ2v) is 4.78. The van der Waals surface area contributed by atoms with E-state index in [0.717, 1.165) is 0 Å². The van der Waals surface area contributed by atoms with Gasteiger partial charge in [-0.25, -0.2) is 4.79 Å². The third-order valence-corrected chi connectivity index (χ3v) is 3.30. The number of ether oxygens (including phenoxy) is 1. The molecular formula is C14H16N2O5. The monoisotopic (exact) mass is 292 g/mol. The quantitative estimate of drug-likeness (QED) is 0.843. The van der Waals surface area contributed by atoms with Crippen molar-refractivity contribution in [1.29, 1.82) is 5.26 Å². The Hall–Kier alpha value is -2.33. The van der Waals surface area contributed by atoms with E-state index in [9.17, 15) is 9.59 Å². The van der Waals surface area contributed by atoms with Gasteiger partial charge in [-0.1, -0.05) is 0 Å². The molecule has 2 rings (SSSR count). The molecule has 7 heteroatoms. The SMILES string of the molecule is N#CCCN(Cc1ccco1)C(=O)[C@@H]1CC[C@H](C(=O)O)O1. The lowest BCUT2D eigenvalue weighted by atomic mass is 10.1. The van der Waals surface area contributed by atoms with E-state index in [4.69, 9.17) is 19.5 Å². The molecule has 0 saturated carbocycles. The maximum absolute atomic E-state index is 12.4. The van der Waals surface area contributed by atoms with Crippen molar-refractivity contribution in [3.05, 3.63) is 24.2 Å². The van der Waals surface area contributed by atoms with Crippen molar-refractivity contribution in [1.82, 2.24) is 4.90 Å². The molecule has 1 aromatic heterocycles. The first kappa shape index (κ1) is 15.1. The number of carboxylic acids is 1. The Kier molecular flexibility index (Phi) is 4.95. The van der Waals surface area contributed by atoms with Crippen molar-refractivity contribution >= 4 is 11.9 Å². The Morgan fingerprint density at radius 3 is 2.76 bits per heavy atom. The molecule has 0 spiro atoms. The number of carbonyl (C=O) groups is 2. The molecule has 0 aromatic carbocycles. The molecule has 1 saturated heterocycles. The summed E-state index contributed by atoms with van der Waals surface area (Å²) >= 11 is 0. The Bertz CT molecular complexity index is 534. The van der Waals surface area contributed by atoms with Crippen LogP contribution in [0.2, 0.25) is 0 Å². The molecule has 0 radical (unpaired) electrons. The third kappa shape index (κ3) is 3.83. The normalized spacial score (nSPS) is 20.9. The highest BCUT2D eigenvalue weighted by atomic mass is 16.5. The minimum Gasteiger partial charge on any atom is -0.479 e. The standard InChI is InChI=1S/C14H16N2O5/c15-6-2-7-16(9-10-3-1-8-20-10)13(17)11-4-5-12(21-11)14(18)19/h1,3,8,11-12H,2,4-5,7,9H2,(H,18,19)/t11-,12+/m0/s1. The van der Waals surface area contributed by atoms with E-state index < -0.39 is 18.2 Å². The van der Waals surface area contributed by atoms with Gasteiger partial charge in [-0.2, -0.15) is 5.26 Å². The molecule has 21 heavy (non-hydrogen) atoms. The van der Waals surface area contributed by atoms with Crippen LogP contribution in [-0.2, 0) is 20.9 Å². The molecular weight excluding hydrogens is 276 g/mol. The van der Waals surface area contributed by atoms with E-state index in [0.29, 0.717) is 18.6 Å². The summed E-state index contributed by atoms with van der Waals surface area (Å²) < 4.78 is 10.5. The number of aliphatic carboxylic acids is 1. The largest absolute Gasteiger partial charge is 0.479 e. The van der Waals surface area contributed by atoms with Crippen molar-refractivity contribution in [2.45, 2.75) is 38.0 Å². The smallest absolute Gasteiger partial charge is 0.332 e. The highest BCUT2D eigenvalue weighted by molar-refractivity contribution is 5.82. The summed E-state index contributed by atoms with van der Waals surface area (Å²) in [4.78, 5) is 24.7. The fourth-order valence-corrected chi connectivity index (χ4v) is 2.25. The molecule has 0 aliphatic carbocycles. The van der Waals surface area contributed by atoms with Gasteiger partial charge in [0.05, 0.1) is 25.3 Å². The molecule has 1 aromatic rings. The lowest BCUT2D eigenvalue weighted by Crippen LogP contribution is -2.39. The van der Waals surface area contributed by atoms with Crippen LogP contribution < -0.4 is 0 Å². The molecule has 1 fully saturated rings. The number of nitrogens with zero attached hydrogens (tertiary/aromatic N) is 2. The van der Waals surface area contributed by atoms with Crippen molar-refractivity contribution in [3.63, 3.8) is 0 Å². The summed E-state index contributed by atoms with van der Waals surface area (Å²) in [7, 11) is 0. The van der Waals surface area contributed by atoms with Crippen LogP contribution >= 0.6 is 0 Å². The summed E-state index contributed by atoms with van der Waals surface area (Å²) in [5.41, 5.74) is 0. The number of amides is 1. The van der Waals surface area contributed by atoms with Crippen molar-refractivity contribution < 1.29 is 23.8 Å². The van der Waals surface area contributed by atoms with Crippen molar-refractivity contribution in [3.8, 4) is 6.07 Å². The number of hydrogen-bond acceptors (Lipinski definition) is 5. The van der Waals surface area contributed by atoms with Gasteiger partial charge < -0.3 is 19.2 Å². The Balaban J connectivity index is 2.00. The first-order valence-corrected chi connectivity index (χ1v) is 6.68. The summed E-state index contributed by atoms with van der Waals surface area (Å²) in [5.74, 6) is -0.751. The Morgan fingerprint density at radius 1 is 1.43 bits per heavy atom. The molecule has 0 bridgehead atoms. The van der Waals surface area contributed by atoms with E-state index in [-0.39, 0.29) is 25.4 Å². The number of hydrogen-bond donors (Lipinski definition) is 1. The van der Waals surface area contributed by atoms with Gasteiger partial charge in [0.1, 0.15) is 11.9 Å². The van der Waals surface area contributed by atoms with E-state index in [1.165, 1.54) is 11.2 Å². The maximum Gasteiger partial charge on any atom is 0.332 e. The van der Waals surface area contributed by atoms with Crippen molar-refractivity contribution in [2.24, 2.45) is 0 Å². The maximum atomic E-state index is 12.4. The van der Waals surface area contributed by atoms with Crippen LogP contribution in [0.1, 0.15) is 25.0 Å². The zero-order valence-corrected chi connectivity index (χ0v) is 11.4. The van der Waals surface area contributed by atoms with Crippen LogP contribution in [0.3, 0.4) is 0 Å². The van der Waals surface area contributed by atoms with Gasteiger partial charge in [0.15, 0.2) is 6.10 Å². The van der Waals surface area contributed by atoms with E-state index in [1.807, 2.05) is 6.07 Å². The van der Waals surface area contributed by atoms with E-state index in [2.05, 4.69) is 0 Å². The molecule has 1 aliphatic rings. The van der Waals surface area contributed by atoms with E-state index >= 15 is 0 Å². The average molecular weight is 292 g/mol. The lowest BCUT2D eigenvalue weighted by Gasteiger charge is -2.23. The van der Waals surface area contributed by atoms with Gasteiger partial charge in [0.2, 0.25) is 0 Å². The molecule has 2 heterocycles. The van der Waals surface area contributed by atoms with Gasteiger partial charge in [-0.05, 0) is 25.0 Å². The Labute approximate surface area is 121 Å². The fraction of sp³-hybridized carbons (Fsp3) is 0.500. The number of furan rings is 1. The predicted molar refractivity (Wildman–Crippen MR) is 69.9 cm³/mol. The zero-order valence-electron chi connectivity index (χ0n) is 11.4. The van der Waals surface area contributed by atoms with Gasteiger partial charge in [-0.15, -0.1) is 0 Å². The van der Waals surface area contributed by atoms with Gasteiger partial charge in [0.25, 0.3) is 5.91 Å². The van der Waals surface area contributed by atoms with E-state index in [1.54, 1.807) is 12.1 Å². The predicted octanol–water partition coefficient (Wildman–Crippen LogP) is 1.15. The first-order valence-electron chi connectivity index (χ1n) is 6.68. The van der Waals surface area contributed by atoms with Crippen molar-refractivity contribution in [2.75, 3.05) is 6.54 Å². The van der Waals surface area contributed by atoms with Crippen LogP contribution in [0, 0.1) is 11.3 Å². The molecule has 1 amide bonds. The fourth-order valence-electron chi connectivity index (χ4n) is 2.25. The van der Waals surface area contributed by atoms with Gasteiger partial charge in [0, 0.05) is 6.54 Å². The minimum atomic E-state index is -1.06. The molecule has 0 unspecified atom stereocenters. The molecule has 1 aliphatic heterocycles. The molecule has 1 N–H and O–H groups in total. The summed E-state index contributed by atoms with van der Waals surface area (Å²) in [6, 6.07) is 5.45. The van der Waals surface area contributed by atoms with Crippen LogP contribution in [-0.4, -0.2) is 40.6 Å². The van der Waals surface area contributed by atoms with Crippen LogP contribution in [0.5, 0.6) is 0 Å². The van der Waals surface area contributed by atoms with Crippen LogP contribution in [0.15, 0.2) is 22.8 Å². The number of carboxylic acid groups (broad SMARTS) is 1. The number of nitriles is 1. The molecule has 7 nitrogen and oxygen atoms in total. The molecule has 112 valence electrons. The Morgan fingerprint density at radius 2 is 2.19 bits per heavy atom. The third-order valence-electron chi connectivity index (χ3n) is 3.30. The molecule has 2 atom stereocenters. The minimum absolute atomic E-state index is 0.196. The highest BCUT2D eigenvalue weighted by Crippen LogP contribution is 2.22. The zero-order chi connectivity index (χ0) is 15.2. The lowest BCUT2D eigenvalue weighted by molar-refractivity contribution is -0.155. The topological polar surface area (TPSA) is 104 Å². The first-order chi connectivity index (χ1) is 10.1. The van der Waals surface area contributed by atoms with Crippen LogP contribution in [0.25, 0.3) is 0 Å². The summed E-state index contributed by atoms with van der Waals surface area (Å²) in [6.45, 7) is 0.499. The average Bonchev–Trinajstić information content (AvgIpc) is 3.13. The second-order valence-electron chi connectivity index (χ2n) is 4.78. The van der Waals surface area contributed by atoms with Gasteiger partial charge >= 0.3 is 5.97 Å². The number of rotatable bonds is 6. The highest BCUT2D eigenvalue weighted by Gasteiger charge is 2.36.